The van der Waals surface area contributed by atoms with Crippen LogP contribution >= 0.6 is 11.6 Å². The van der Waals surface area contributed by atoms with Crippen LogP contribution in [0.5, 0.6) is 11.6 Å². The number of hydrogen-bond acceptors (Lipinski definition) is 6. The number of aromatic nitrogens is 2. The fraction of sp³-hybridized carbons (Fsp3) is 0.280. The summed E-state index contributed by atoms with van der Waals surface area (Å²) in [4.78, 5) is 35.7. The zero-order chi connectivity index (χ0) is 25.2. The minimum atomic E-state index is -1.11. The van der Waals surface area contributed by atoms with Gasteiger partial charge in [0.1, 0.15) is 19.0 Å². The van der Waals surface area contributed by atoms with E-state index in [1.165, 1.54) is 12.4 Å². The summed E-state index contributed by atoms with van der Waals surface area (Å²) in [5.41, 5.74) is 0.849. The van der Waals surface area contributed by atoms with Gasteiger partial charge in [0.15, 0.2) is 0 Å². The molecule has 0 atom stereocenters. The van der Waals surface area contributed by atoms with Crippen molar-refractivity contribution in [3.05, 3.63) is 77.7 Å². The smallest absolute Gasteiger partial charge is 0.411 e. The number of carbonyl (C=O) groups excluding carboxylic acids is 1. The number of carbonyl (C=O) groups is 2. The van der Waals surface area contributed by atoms with E-state index in [0.29, 0.717) is 34.4 Å². The lowest BCUT2D eigenvalue weighted by molar-refractivity contribution is 0.0673. The van der Waals surface area contributed by atoms with Gasteiger partial charge in [0.2, 0.25) is 5.88 Å². The van der Waals surface area contributed by atoms with Crippen LogP contribution in [0.3, 0.4) is 0 Å². The van der Waals surface area contributed by atoms with Crippen molar-refractivity contribution in [2.45, 2.75) is 19.9 Å². The second kappa shape index (κ2) is 12.6. The Morgan fingerprint density at radius 1 is 1.00 bits per heavy atom. The number of amides is 2. The maximum absolute atomic E-state index is 13.2. The Morgan fingerprint density at radius 3 is 2.40 bits per heavy atom. The first-order chi connectivity index (χ1) is 16.8. The molecule has 0 radical (unpaired) electrons. The summed E-state index contributed by atoms with van der Waals surface area (Å²) in [5.74, 6) is 0.638. The number of benzene rings is 1. The molecule has 0 saturated heterocycles. The normalized spacial score (nSPS) is 10.6. The maximum atomic E-state index is 13.2. The molecule has 0 unspecified atom stereocenters. The Hall–Kier alpha value is -3.85. The van der Waals surface area contributed by atoms with Crippen LogP contribution in [-0.4, -0.2) is 64.3 Å². The molecule has 2 heterocycles. The average molecular weight is 499 g/mol. The summed E-state index contributed by atoms with van der Waals surface area (Å²) in [6.45, 7) is 4.62. The standard InChI is InChI=1S/C25H27ClN4O5/c1-18(2)29(11-14-35-23-5-3-4-8-28-23)24(31)19-15-20(26)17-22(16-19)34-13-12-30(25(32)33)21-6-9-27-10-7-21/h3-10,15-18H,11-14H2,1-2H3,(H,32,33). The third kappa shape index (κ3) is 7.58. The first-order valence-corrected chi connectivity index (χ1v) is 11.4. The van der Waals surface area contributed by atoms with E-state index >= 15 is 0 Å². The van der Waals surface area contributed by atoms with Gasteiger partial charge in [-0.2, -0.15) is 0 Å². The SMILES string of the molecule is CC(C)N(CCOc1ccccn1)C(=O)c1cc(Cl)cc(OCCN(C(=O)O)c2ccncc2)c1. The molecule has 1 aromatic carbocycles. The largest absolute Gasteiger partial charge is 0.492 e. The number of anilines is 1. The third-order valence-electron chi connectivity index (χ3n) is 5.01. The Labute approximate surface area is 208 Å². The van der Waals surface area contributed by atoms with Crippen LogP contribution in [0.4, 0.5) is 10.5 Å². The van der Waals surface area contributed by atoms with E-state index in [1.54, 1.807) is 53.6 Å². The third-order valence-corrected chi connectivity index (χ3v) is 5.23. The van der Waals surface area contributed by atoms with Crippen LogP contribution in [0.15, 0.2) is 67.1 Å². The lowest BCUT2D eigenvalue weighted by Crippen LogP contribution is -2.39. The van der Waals surface area contributed by atoms with Crippen LogP contribution in [0.2, 0.25) is 5.02 Å². The number of pyridine rings is 2. The minimum Gasteiger partial charge on any atom is -0.492 e. The summed E-state index contributed by atoms with van der Waals surface area (Å²) in [6.07, 6.45) is 3.56. The molecule has 9 nitrogen and oxygen atoms in total. The van der Waals surface area contributed by atoms with Gasteiger partial charge < -0.3 is 19.5 Å². The van der Waals surface area contributed by atoms with Gasteiger partial charge in [-0.05, 0) is 50.2 Å². The fourth-order valence-corrected chi connectivity index (χ4v) is 3.55. The molecular formula is C25H27ClN4O5. The first-order valence-electron chi connectivity index (χ1n) is 11.0. The number of rotatable bonds is 11. The van der Waals surface area contributed by atoms with Gasteiger partial charge in [0.05, 0.1) is 18.8 Å². The lowest BCUT2D eigenvalue weighted by atomic mass is 10.1. The van der Waals surface area contributed by atoms with E-state index in [4.69, 9.17) is 21.1 Å². The van der Waals surface area contributed by atoms with Crippen molar-refractivity contribution in [2.75, 3.05) is 31.2 Å². The van der Waals surface area contributed by atoms with E-state index < -0.39 is 6.09 Å². The van der Waals surface area contributed by atoms with Crippen molar-refractivity contribution < 1.29 is 24.2 Å². The molecule has 0 aliphatic carbocycles. The summed E-state index contributed by atoms with van der Waals surface area (Å²) < 4.78 is 11.4. The van der Waals surface area contributed by atoms with Crippen LogP contribution in [0.25, 0.3) is 0 Å². The van der Waals surface area contributed by atoms with Gasteiger partial charge in [0, 0.05) is 41.3 Å². The molecule has 184 valence electrons. The molecular weight excluding hydrogens is 472 g/mol. The van der Waals surface area contributed by atoms with Crippen molar-refractivity contribution in [3.63, 3.8) is 0 Å². The van der Waals surface area contributed by atoms with Crippen molar-refractivity contribution in [1.29, 1.82) is 0 Å². The molecule has 10 heteroatoms. The van der Waals surface area contributed by atoms with Gasteiger partial charge in [-0.15, -0.1) is 0 Å². The monoisotopic (exact) mass is 498 g/mol. The molecule has 3 aromatic rings. The highest BCUT2D eigenvalue weighted by Gasteiger charge is 2.20. The van der Waals surface area contributed by atoms with E-state index in [2.05, 4.69) is 9.97 Å². The van der Waals surface area contributed by atoms with E-state index in [-0.39, 0.29) is 31.7 Å². The van der Waals surface area contributed by atoms with Gasteiger partial charge in [0.25, 0.3) is 5.91 Å². The number of carboxylic acid groups (broad SMARTS) is 1. The Kier molecular flexibility index (Phi) is 9.25. The zero-order valence-electron chi connectivity index (χ0n) is 19.5. The molecule has 35 heavy (non-hydrogen) atoms. The number of ether oxygens (including phenoxy) is 2. The summed E-state index contributed by atoms with van der Waals surface area (Å²) >= 11 is 6.26. The van der Waals surface area contributed by atoms with Crippen LogP contribution in [0, 0.1) is 0 Å². The van der Waals surface area contributed by atoms with Gasteiger partial charge in [-0.3, -0.25) is 14.7 Å². The Bertz CT molecular complexity index is 1120. The van der Waals surface area contributed by atoms with Crippen LogP contribution in [0.1, 0.15) is 24.2 Å². The summed E-state index contributed by atoms with van der Waals surface area (Å²) in [6, 6.07) is 13.3. The number of nitrogens with zero attached hydrogens (tertiary/aromatic N) is 4. The molecule has 3 rings (SSSR count). The van der Waals surface area contributed by atoms with Crippen molar-refractivity contribution in [2.24, 2.45) is 0 Å². The van der Waals surface area contributed by atoms with Gasteiger partial charge >= 0.3 is 6.09 Å². The Balaban J connectivity index is 1.64. The predicted octanol–water partition coefficient (Wildman–Crippen LogP) is 4.62. The molecule has 2 aromatic heterocycles. The van der Waals surface area contributed by atoms with E-state index in [0.717, 1.165) is 4.90 Å². The molecule has 0 fully saturated rings. The Morgan fingerprint density at radius 2 is 1.74 bits per heavy atom. The van der Waals surface area contributed by atoms with Gasteiger partial charge in [-0.1, -0.05) is 17.7 Å². The van der Waals surface area contributed by atoms with Gasteiger partial charge in [-0.25, -0.2) is 9.78 Å². The number of halogens is 1. The van der Waals surface area contributed by atoms with E-state index in [1.807, 2.05) is 19.9 Å². The first kappa shape index (κ1) is 25.8. The second-order valence-corrected chi connectivity index (χ2v) is 8.21. The van der Waals surface area contributed by atoms with Crippen molar-refractivity contribution >= 4 is 29.3 Å². The zero-order valence-corrected chi connectivity index (χ0v) is 20.3. The molecule has 0 aliphatic rings. The molecule has 0 saturated carbocycles. The summed E-state index contributed by atoms with van der Waals surface area (Å²) in [7, 11) is 0. The highest BCUT2D eigenvalue weighted by molar-refractivity contribution is 6.31. The molecule has 2 amide bonds. The molecule has 0 aliphatic heterocycles. The predicted molar refractivity (Wildman–Crippen MR) is 132 cm³/mol. The lowest BCUT2D eigenvalue weighted by Gasteiger charge is -2.27. The quantitative estimate of drug-likeness (QED) is 0.411. The fourth-order valence-electron chi connectivity index (χ4n) is 3.32. The highest BCUT2D eigenvalue weighted by atomic mass is 35.5. The van der Waals surface area contributed by atoms with Crippen molar-refractivity contribution in [3.8, 4) is 11.6 Å². The highest BCUT2D eigenvalue weighted by Crippen LogP contribution is 2.23. The van der Waals surface area contributed by atoms with Crippen molar-refractivity contribution in [1.82, 2.24) is 14.9 Å². The van der Waals surface area contributed by atoms with Crippen LogP contribution in [-0.2, 0) is 0 Å². The molecule has 0 bridgehead atoms. The minimum absolute atomic E-state index is 0.0639. The van der Waals surface area contributed by atoms with E-state index in [9.17, 15) is 14.7 Å². The second-order valence-electron chi connectivity index (χ2n) is 7.77. The topological polar surface area (TPSA) is 105 Å². The summed E-state index contributed by atoms with van der Waals surface area (Å²) in [5, 5.41) is 9.84. The van der Waals surface area contributed by atoms with Crippen LogP contribution < -0.4 is 14.4 Å². The molecule has 1 N–H and O–H groups in total. The average Bonchev–Trinajstić information content (AvgIpc) is 2.84. The maximum Gasteiger partial charge on any atom is 0.411 e. The molecule has 0 spiro atoms. The number of hydrogen-bond donors (Lipinski definition) is 1.